The van der Waals surface area contributed by atoms with Gasteiger partial charge in [-0.3, -0.25) is 18.5 Å². The maximum atomic E-state index is 13.8. The van der Waals surface area contributed by atoms with Crippen LogP contribution in [0.2, 0.25) is 0 Å². The van der Waals surface area contributed by atoms with E-state index in [4.69, 9.17) is 24.4 Å². The van der Waals surface area contributed by atoms with Crippen LogP contribution in [-0.2, 0) is 18.4 Å². The van der Waals surface area contributed by atoms with Gasteiger partial charge in [0.05, 0.1) is 19.3 Å². The highest BCUT2D eigenvalue weighted by Crippen LogP contribution is 2.30. The molecular formula is C27H29F3N6O6. The second-order valence-electron chi connectivity index (χ2n) is 9.09. The summed E-state index contributed by atoms with van der Waals surface area (Å²) in [4.78, 5) is 42.8. The van der Waals surface area contributed by atoms with E-state index < -0.39 is 23.4 Å². The van der Waals surface area contributed by atoms with Crippen molar-refractivity contribution >= 4 is 23.1 Å². The van der Waals surface area contributed by atoms with Gasteiger partial charge < -0.3 is 24.8 Å². The van der Waals surface area contributed by atoms with Crippen molar-refractivity contribution in [1.29, 1.82) is 0 Å². The van der Waals surface area contributed by atoms with E-state index in [-0.39, 0.29) is 13.2 Å². The Hall–Kier alpha value is -4.79. The lowest BCUT2D eigenvalue weighted by atomic mass is 10.2. The first-order valence-electron chi connectivity index (χ1n) is 12.8. The lowest BCUT2D eigenvalue weighted by Gasteiger charge is -2.29. The number of fused-ring (bicyclic) bond motifs is 1. The lowest BCUT2D eigenvalue weighted by Crippen LogP contribution is -2.44. The van der Waals surface area contributed by atoms with Crippen LogP contribution >= 0.6 is 0 Å². The van der Waals surface area contributed by atoms with Crippen LogP contribution in [0.4, 0.5) is 19.1 Å². The van der Waals surface area contributed by atoms with Crippen molar-refractivity contribution in [2.45, 2.75) is 12.7 Å². The molecule has 2 aromatic heterocycles. The number of aryl methyl sites for hydroxylation is 1. The topological polar surface area (TPSA) is 133 Å². The predicted octanol–water partition coefficient (Wildman–Crippen LogP) is 2.02. The molecule has 1 saturated heterocycles. The molecule has 12 nitrogen and oxygen atoms in total. The first-order chi connectivity index (χ1) is 20.0. The second kappa shape index (κ2) is 12.8. The minimum Gasteiger partial charge on any atom is -0.495 e. The van der Waals surface area contributed by atoms with Crippen LogP contribution in [0.3, 0.4) is 0 Å². The average Bonchev–Trinajstić information content (AvgIpc) is 3.39. The molecule has 3 heterocycles. The van der Waals surface area contributed by atoms with Crippen LogP contribution in [0, 0.1) is 0 Å². The van der Waals surface area contributed by atoms with Crippen LogP contribution in [0.25, 0.3) is 16.9 Å². The highest BCUT2D eigenvalue weighted by Gasteiger charge is 2.38. The summed E-state index contributed by atoms with van der Waals surface area (Å²) in [7, 11) is 3.23. The normalized spacial score (nSPS) is 13.4. The average molecular weight is 591 g/mol. The summed E-state index contributed by atoms with van der Waals surface area (Å²) >= 11 is 0. The van der Waals surface area contributed by atoms with E-state index in [0.717, 1.165) is 26.2 Å². The van der Waals surface area contributed by atoms with Gasteiger partial charge in [-0.15, -0.1) is 0 Å². The Labute approximate surface area is 237 Å². The fourth-order valence-electron chi connectivity index (χ4n) is 4.40. The molecule has 1 aliphatic heterocycles. The number of carbonyl (C=O) groups is 1. The number of imidazole rings is 1. The summed E-state index contributed by atoms with van der Waals surface area (Å²) in [5.74, 6) is -0.863. The zero-order valence-corrected chi connectivity index (χ0v) is 22.8. The van der Waals surface area contributed by atoms with Gasteiger partial charge in [0.1, 0.15) is 18.1 Å². The van der Waals surface area contributed by atoms with Gasteiger partial charge in [0, 0.05) is 33.2 Å². The van der Waals surface area contributed by atoms with Crippen molar-refractivity contribution < 1.29 is 32.5 Å². The third-order valence-corrected chi connectivity index (χ3v) is 6.42. The number of benzene rings is 2. The number of ether oxygens (including phenoxy) is 2. The van der Waals surface area contributed by atoms with Gasteiger partial charge in [-0.1, -0.05) is 30.3 Å². The van der Waals surface area contributed by atoms with E-state index >= 15 is 0 Å². The fourth-order valence-corrected chi connectivity index (χ4v) is 4.40. The number of nitrogens with zero attached hydrogens (tertiary/aromatic N) is 5. The van der Waals surface area contributed by atoms with Crippen LogP contribution in [0.1, 0.15) is 0 Å². The zero-order chi connectivity index (χ0) is 30.4. The Balaban J connectivity index is 0.000000517. The van der Waals surface area contributed by atoms with E-state index in [2.05, 4.69) is 10.2 Å². The Bertz CT molecular complexity index is 1660. The number of nitrogens with one attached hydrogen (secondary N) is 1. The predicted molar refractivity (Wildman–Crippen MR) is 148 cm³/mol. The minimum absolute atomic E-state index is 0.108. The molecule has 0 radical (unpaired) electrons. The third kappa shape index (κ3) is 6.40. The molecule has 0 unspecified atom stereocenters. The molecule has 1 aliphatic rings. The van der Waals surface area contributed by atoms with Crippen molar-refractivity contribution in [3.8, 4) is 17.2 Å². The highest BCUT2D eigenvalue weighted by atomic mass is 19.4. The quantitative estimate of drug-likeness (QED) is 0.332. The van der Waals surface area contributed by atoms with E-state index in [0.29, 0.717) is 34.3 Å². The van der Waals surface area contributed by atoms with Crippen molar-refractivity contribution in [2.75, 3.05) is 44.8 Å². The van der Waals surface area contributed by atoms with E-state index in [1.54, 1.807) is 14.2 Å². The van der Waals surface area contributed by atoms with Crippen molar-refractivity contribution in [1.82, 2.24) is 24.0 Å². The van der Waals surface area contributed by atoms with Gasteiger partial charge >= 0.3 is 17.8 Å². The highest BCUT2D eigenvalue weighted by molar-refractivity contribution is 5.79. The summed E-state index contributed by atoms with van der Waals surface area (Å²) in [6, 6.07) is 16.8. The molecule has 4 aromatic rings. The van der Waals surface area contributed by atoms with Gasteiger partial charge in [-0.2, -0.15) is 18.2 Å². The van der Waals surface area contributed by atoms with Gasteiger partial charge in [-0.25, -0.2) is 9.59 Å². The molecule has 5 rings (SSSR count). The zero-order valence-electron chi connectivity index (χ0n) is 22.8. The van der Waals surface area contributed by atoms with E-state index in [9.17, 15) is 22.8 Å². The molecule has 0 spiro atoms. The van der Waals surface area contributed by atoms with Crippen LogP contribution in [0.5, 0.6) is 11.5 Å². The fraction of sp³-hybridized carbons (Fsp3) is 0.333. The first kappa shape index (κ1) is 30.2. The number of anilines is 1. The molecule has 2 aromatic carbocycles. The molecule has 0 atom stereocenters. The van der Waals surface area contributed by atoms with E-state index in [1.807, 2.05) is 59.2 Å². The van der Waals surface area contributed by atoms with Crippen LogP contribution in [-0.4, -0.2) is 75.8 Å². The Morgan fingerprint density at radius 3 is 2.29 bits per heavy atom. The molecule has 224 valence electrons. The monoisotopic (exact) mass is 590 g/mol. The summed E-state index contributed by atoms with van der Waals surface area (Å²) in [6.45, 7) is 3.34. The summed E-state index contributed by atoms with van der Waals surface area (Å²) in [6.07, 6.45) is -5.08. The van der Waals surface area contributed by atoms with Crippen molar-refractivity contribution in [2.24, 2.45) is 7.05 Å². The maximum Gasteiger partial charge on any atom is 0.490 e. The summed E-state index contributed by atoms with van der Waals surface area (Å²) in [5, 5.41) is 10.5. The molecule has 1 fully saturated rings. The Kier molecular flexibility index (Phi) is 9.20. The van der Waals surface area contributed by atoms with Gasteiger partial charge in [0.15, 0.2) is 11.2 Å². The number of piperazine rings is 1. The number of halogens is 3. The number of para-hydroxylation sites is 3. The smallest absolute Gasteiger partial charge is 0.490 e. The molecule has 42 heavy (non-hydrogen) atoms. The Morgan fingerprint density at radius 2 is 1.67 bits per heavy atom. The number of rotatable bonds is 7. The standard InChI is InChI=1S/C25H28N6O4.C2HF3O2/c1-28-22-21(23(32)30(25(28)33)16-17-35-18-8-4-3-5-9-18)31(19-10-6-7-11-20(19)34-2)24(27-22)29-14-12-26-13-15-29;3-2(4,5)1(6)7/h3-11,26H,12-17H2,1-2H3;(H,6,7). The molecule has 2 N–H and O–H groups in total. The van der Waals surface area contributed by atoms with Crippen molar-refractivity contribution in [3.05, 3.63) is 75.4 Å². The van der Waals surface area contributed by atoms with Crippen molar-refractivity contribution in [3.63, 3.8) is 0 Å². The molecule has 0 bridgehead atoms. The SMILES string of the molecule is COc1ccccc1-n1c(N2CCNCC2)nc2c1c(=O)n(CCOc1ccccc1)c(=O)n2C.O=C(O)C(F)(F)F. The number of carboxylic acid groups (broad SMARTS) is 1. The molecule has 0 aliphatic carbocycles. The van der Waals surface area contributed by atoms with Gasteiger partial charge in [-0.05, 0) is 24.3 Å². The van der Waals surface area contributed by atoms with Crippen LogP contribution < -0.4 is 30.9 Å². The first-order valence-corrected chi connectivity index (χ1v) is 12.8. The van der Waals surface area contributed by atoms with Crippen LogP contribution in [0.15, 0.2) is 64.2 Å². The molecule has 15 heteroatoms. The molecule has 0 amide bonds. The molecular weight excluding hydrogens is 561 g/mol. The number of hydrogen-bond acceptors (Lipinski definition) is 8. The number of hydrogen-bond donors (Lipinski definition) is 2. The maximum absolute atomic E-state index is 13.8. The summed E-state index contributed by atoms with van der Waals surface area (Å²) in [5.41, 5.74) is 0.494. The number of methoxy groups -OCH3 is 1. The Morgan fingerprint density at radius 1 is 1.05 bits per heavy atom. The second-order valence-corrected chi connectivity index (χ2v) is 9.09. The lowest BCUT2D eigenvalue weighted by molar-refractivity contribution is -0.192. The number of carboxylic acids is 1. The minimum atomic E-state index is -5.08. The van der Waals surface area contributed by atoms with Gasteiger partial charge in [0.2, 0.25) is 5.95 Å². The number of aromatic nitrogens is 4. The third-order valence-electron chi connectivity index (χ3n) is 6.42. The number of aliphatic carboxylic acids is 1. The van der Waals surface area contributed by atoms with Gasteiger partial charge in [0.25, 0.3) is 5.56 Å². The van der Waals surface area contributed by atoms with E-state index in [1.165, 1.54) is 9.13 Å². The largest absolute Gasteiger partial charge is 0.495 e. The molecule has 0 saturated carbocycles. The summed E-state index contributed by atoms with van der Waals surface area (Å²) < 4.78 is 47.6. The number of alkyl halides is 3.